The molecular weight excluding hydrogens is 270 g/mol. The molecule has 0 radical (unpaired) electrons. The molecule has 102 valence electrons. The van der Waals surface area contributed by atoms with Gasteiger partial charge in [0.1, 0.15) is 0 Å². The highest BCUT2D eigenvalue weighted by Crippen LogP contribution is 2.43. The molecule has 1 aromatic carbocycles. The van der Waals surface area contributed by atoms with Crippen molar-refractivity contribution in [3.05, 3.63) is 22.5 Å². The summed E-state index contributed by atoms with van der Waals surface area (Å²) < 4.78 is 15.5. The number of aryl methyl sites for hydroxylation is 1. The van der Waals surface area contributed by atoms with Gasteiger partial charge in [-0.25, -0.2) is 0 Å². The summed E-state index contributed by atoms with van der Waals surface area (Å²) in [6.45, 7) is 2.05. The molecule has 0 amide bonds. The lowest BCUT2D eigenvalue weighted by Crippen LogP contribution is -1.98. The SMILES string of the molecule is COc1cc(C)c(-c2noc(CN)n2)c(Cl)c1OC. The van der Waals surface area contributed by atoms with Gasteiger partial charge in [-0.05, 0) is 18.6 Å². The molecule has 0 saturated heterocycles. The minimum atomic E-state index is 0.178. The van der Waals surface area contributed by atoms with Crippen LogP contribution in [0.4, 0.5) is 0 Å². The molecule has 2 aromatic rings. The summed E-state index contributed by atoms with van der Waals surface area (Å²) in [7, 11) is 3.07. The van der Waals surface area contributed by atoms with E-state index < -0.39 is 0 Å². The zero-order chi connectivity index (χ0) is 14.0. The molecule has 0 atom stereocenters. The predicted molar refractivity (Wildman–Crippen MR) is 70.5 cm³/mol. The maximum absolute atomic E-state index is 6.33. The van der Waals surface area contributed by atoms with Crippen molar-refractivity contribution < 1.29 is 14.0 Å². The second kappa shape index (κ2) is 5.46. The van der Waals surface area contributed by atoms with Crippen LogP contribution in [0.15, 0.2) is 10.6 Å². The third-order valence-corrected chi connectivity index (χ3v) is 3.04. The predicted octanol–water partition coefficient (Wildman–Crippen LogP) is 2.17. The number of aromatic nitrogens is 2. The number of ether oxygens (including phenoxy) is 2. The van der Waals surface area contributed by atoms with Crippen molar-refractivity contribution in [3.63, 3.8) is 0 Å². The van der Waals surface area contributed by atoms with Crippen LogP contribution in [0.3, 0.4) is 0 Å². The van der Waals surface area contributed by atoms with E-state index in [9.17, 15) is 0 Å². The van der Waals surface area contributed by atoms with Crippen molar-refractivity contribution in [3.8, 4) is 22.9 Å². The van der Waals surface area contributed by atoms with E-state index >= 15 is 0 Å². The summed E-state index contributed by atoms with van der Waals surface area (Å²) in [6.07, 6.45) is 0. The van der Waals surface area contributed by atoms with Crippen molar-refractivity contribution in [2.75, 3.05) is 14.2 Å². The van der Waals surface area contributed by atoms with Crippen LogP contribution in [0.1, 0.15) is 11.5 Å². The van der Waals surface area contributed by atoms with Gasteiger partial charge in [-0.15, -0.1) is 0 Å². The normalized spacial score (nSPS) is 10.6. The molecular formula is C12H14ClN3O3. The highest BCUT2D eigenvalue weighted by molar-refractivity contribution is 6.35. The highest BCUT2D eigenvalue weighted by atomic mass is 35.5. The number of benzene rings is 1. The Morgan fingerprint density at radius 1 is 1.37 bits per heavy atom. The minimum absolute atomic E-state index is 0.178. The molecule has 2 rings (SSSR count). The lowest BCUT2D eigenvalue weighted by Gasteiger charge is -2.13. The number of methoxy groups -OCH3 is 2. The van der Waals surface area contributed by atoms with Crippen LogP contribution >= 0.6 is 11.6 Å². The smallest absolute Gasteiger partial charge is 0.240 e. The van der Waals surface area contributed by atoms with Gasteiger partial charge in [-0.2, -0.15) is 4.98 Å². The van der Waals surface area contributed by atoms with Crippen LogP contribution in [0.25, 0.3) is 11.4 Å². The van der Waals surface area contributed by atoms with Gasteiger partial charge in [0.05, 0.1) is 25.8 Å². The standard InChI is InChI=1S/C12H14ClN3O3/c1-6-4-7(17-2)11(18-3)10(13)9(6)12-15-8(5-14)19-16-12/h4H,5,14H2,1-3H3. The Kier molecular flexibility index (Phi) is 3.92. The topological polar surface area (TPSA) is 83.4 Å². The van der Waals surface area contributed by atoms with Gasteiger partial charge >= 0.3 is 0 Å². The van der Waals surface area contributed by atoms with Gasteiger partial charge in [-0.1, -0.05) is 16.8 Å². The molecule has 6 nitrogen and oxygen atoms in total. The van der Waals surface area contributed by atoms with Gasteiger partial charge in [0.25, 0.3) is 0 Å². The number of hydrogen-bond acceptors (Lipinski definition) is 6. The van der Waals surface area contributed by atoms with Crippen LogP contribution in [0.5, 0.6) is 11.5 Å². The van der Waals surface area contributed by atoms with E-state index in [0.717, 1.165) is 5.56 Å². The summed E-state index contributed by atoms with van der Waals surface area (Å²) in [6, 6.07) is 1.80. The summed E-state index contributed by atoms with van der Waals surface area (Å²) >= 11 is 6.33. The Hall–Kier alpha value is -1.79. The molecule has 0 aliphatic heterocycles. The fourth-order valence-electron chi connectivity index (χ4n) is 1.78. The van der Waals surface area contributed by atoms with E-state index in [4.69, 9.17) is 31.3 Å². The second-order valence-corrected chi connectivity index (χ2v) is 4.21. The van der Waals surface area contributed by atoms with E-state index in [1.807, 2.05) is 6.92 Å². The zero-order valence-electron chi connectivity index (χ0n) is 10.9. The van der Waals surface area contributed by atoms with Crippen molar-refractivity contribution in [2.45, 2.75) is 13.5 Å². The molecule has 0 aliphatic rings. The molecule has 19 heavy (non-hydrogen) atoms. The molecule has 1 aromatic heterocycles. The minimum Gasteiger partial charge on any atom is -0.493 e. The Morgan fingerprint density at radius 2 is 2.11 bits per heavy atom. The Labute approximate surface area is 115 Å². The molecule has 2 N–H and O–H groups in total. The van der Waals surface area contributed by atoms with Crippen LogP contribution in [-0.4, -0.2) is 24.4 Å². The quantitative estimate of drug-likeness (QED) is 0.926. The molecule has 0 saturated carbocycles. The first kappa shape index (κ1) is 13.6. The number of hydrogen-bond donors (Lipinski definition) is 1. The second-order valence-electron chi connectivity index (χ2n) is 3.83. The van der Waals surface area contributed by atoms with E-state index in [-0.39, 0.29) is 6.54 Å². The van der Waals surface area contributed by atoms with Crippen molar-refractivity contribution in [1.82, 2.24) is 10.1 Å². The fourth-order valence-corrected chi connectivity index (χ4v) is 2.19. The van der Waals surface area contributed by atoms with E-state index in [2.05, 4.69) is 10.1 Å². The lowest BCUT2D eigenvalue weighted by atomic mass is 10.1. The molecule has 0 unspecified atom stereocenters. The number of nitrogens with two attached hydrogens (primary N) is 1. The van der Waals surface area contributed by atoms with Crippen LogP contribution in [0, 0.1) is 6.92 Å². The zero-order valence-corrected chi connectivity index (χ0v) is 11.6. The summed E-state index contributed by atoms with van der Waals surface area (Å²) in [4.78, 5) is 4.17. The van der Waals surface area contributed by atoms with E-state index in [1.54, 1.807) is 13.2 Å². The van der Waals surface area contributed by atoms with Crippen LogP contribution < -0.4 is 15.2 Å². The van der Waals surface area contributed by atoms with Crippen molar-refractivity contribution in [1.29, 1.82) is 0 Å². The van der Waals surface area contributed by atoms with Crippen LogP contribution in [0.2, 0.25) is 5.02 Å². The first-order chi connectivity index (χ1) is 9.12. The van der Waals surface area contributed by atoms with Crippen LogP contribution in [-0.2, 0) is 6.54 Å². The third kappa shape index (κ3) is 2.36. The summed E-state index contributed by atoms with van der Waals surface area (Å²) in [5.41, 5.74) is 6.94. The van der Waals surface area contributed by atoms with Gasteiger partial charge in [-0.3, -0.25) is 0 Å². The highest BCUT2D eigenvalue weighted by Gasteiger charge is 2.21. The molecule has 0 aliphatic carbocycles. The van der Waals surface area contributed by atoms with Gasteiger partial charge in [0, 0.05) is 5.56 Å². The van der Waals surface area contributed by atoms with Gasteiger partial charge < -0.3 is 19.7 Å². The Morgan fingerprint density at radius 3 is 2.63 bits per heavy atom. The van der Waals surface area contributed by atoms with Gasteiger partial charge in [0.15, 0.2) is 11.5 Å². The Bertz CT molecular complexity index is 598. The lowest BCUT2D eigenvalue weighted by molar-refractivity contribution is 0.355. The number of rotatable bonds is 4. The monoisotopic (exact) mass is 283 g/mol. The maximum Gasteiger partial charge on any atom is 0.240 e. The largest absolute Gasteiger partial charge is 0.493 e. The first-order valence-electron chi connectivity index (χ1n) is 5.56. The summed E-state index contributed by atoms with van der Waals surface area (Å²) in [5.74, 6) is 1.71. The average molecular weight is 284 g/mol. The summed E-state index contributed by atoms with van der Waals surface area (Å²) in [5, 5.41) is 4.24. The molecule has 0 fully saturated rings. The van der Waals surface area contributed by atoms with E-state index in [1.165, 1.54) is 7.11 Å². The maximum atomic E-state index is 6.33. The Balaban J connectivity index is 2.63. The fraction of sp³-hybridized carbons (Fsp3) is 0.333. The molecule has 7 heteroatoms. The third-order valence-electron chi connectivity index (χ3n) is 2.67. The van der Waals surface area contributed by atoms with E-state index in [0.29, 0.717) is 33.8 Å². The molecule has 1 heterocycles. The average Bonchev–Trinajstić information content (AvgIpc) is 2.86. The first-order valence-corrected chi connectivity index (χ1v) is 5.94. The number of halogens is 1. The molecule has 0 spiro atoms. The van der Waals surface area contributed by atoms with Gasteiger partial charge in [0.2, 0.25) is 11.7 Å². The molecule has 0 bridgehead atoms. The van der Waals surface area contributed by atoms with Crippen molar-refractivity contribution in [2.24, 2.45) is 5.73 Å². The van der Waals surface area contributed by atoms with Crippen molar-refractivity contribution >= 4 is 11.6 Å². The number of nitrogens with zero attached hydrogens (tertiary/aromatic N) is 2.